The third-order valence-corrected chi connectivity index (χ3v) is 3.08. The summed E-state index contributed by atoms with van der Waals surface area (Å²) in [5.74, 6) is 0. The quantitative estimate of drug-likeness (QED) is 0.759. The van der Waals surface area contributed by atoms with E-state index in [0.717, 1.165) is 15.7 Å². The topological polar surface area (TPSA) is 49.6 Å². The molecule has 0 fully saturated rings. The van der Waals surface area contributed by atoms with Gasteiger partial charge in [-0.25, -0.2) is 9.97 Å². The Bertz CT molecular complexity index is 424. The van der Waals surface area contributed by atoms with E-state index in [9.17, 15) is 0 Å². The number of hydrogen-bond donors (Lipinski definition) is 0. The van der Waals surface area contributed by atoms with Gasteiger partial charge in [0.25, 0.3) is 0 Å². The molecule has 0 N–H and O–H groups in total. The number of nitriles is 1. The molecule has 64 valence electrons. The fourth-order valence-electron chi connectivity index (χ4n) is 0.908. The molecule has 0 aliphatic carbocycles. The van der Waals surface area contributed by atoms with Crippen molar-refractivity contribution >= 4 is 22.7 Å². The summed E-state index contributed by atoms with van der Waals surface area (Å²) in [7, 11) is 0. The van der Waals surface area contributed by atoms with Gasteiger partial charge in [0.15, 0.2) is 0 Å². The maximum absolute atomic E-state index is 8.46. The predicted molar refractivity (Wildman–Crippen MR) is 52.5 cm³/mol. The van der Waals surface area contributed by atoms with Crippen LogP contribution in [-0.2, 0) is 6.42 Å². The average Bonchev–Trinajstić information content (AvgIpc) is 2.70. The Kier molecular flexibility index (Phi) is 2.34. The van der Waals surface area contributed by atoms with Crippen molar-refractivity contribution in [2.24, 2.45) is 0 Å². The fraction of sp³-hybridized carbons (Fsp3) is 0.125. The van der Waals surface area contributed by atoms with Crippen molar-refractivity contribution in [3.63, 3.8) is 0 Å². The molecule has 5 heteroatoms. The highest BCUT2D eigenvalue weighted by Crippen LogP contribution is 2.23. The first kappa shape index (κ1) is 8.35. The summed E-state index contributed by atoms with van der Waals surface area (Å²) in [6.07, 6.45) is 2.14. The zero-order chi connectivity index (χ0) is 9.10. The number of nitrogens with zero attached hydrogens (tertiary/aromatic N) is 3. The molecule has 0 radical (unpaired) electrons. The van der Waals surface area contributed by atoms with Crippen molar-refractivity contribution in [2.45, 2.75) is 6.42 Å². The molecular weight excluding hydrogens is 202 g/mol. The van der Waals surface area contributed by atoms with E-state index in [2.05, 4.69) is 16.0 Å². The Morgan fingerprint density at radius 1 is 1.46 bits per heavy atom. The van der Waals surface area contributed by atoms with Crippen LogP contribution in [-0.4, -0.2) is 9.97 Å². The zero-order valence-electron chi connectivity index (χ0n) is 6.60. The van der Waals surface area contributed by atoms with Crippen LogP contribution in [0, 0.1) is 11.3 Å². The van der Waals surface area contributed by atoms with Crippen molar-refractivity contribution in [2.75, 3.05) is 0 Å². The van der Waals surface area contributed by atoms with Gasteiger partial charge in [-0.1, -0.05) is 0 Å². The lowest BCUT2D eigenvalue weighted by atomic mass is 10.5. The van der Waals surface area contributed by atoms with Gasteiger partial charge in [0.05, 0.1) is 12.5 Å². The minimum absolute atomic E-state index is 0.385. The lowest BCUT2D eigenvalue weighted by molar-refractivity contribution is 1.19. The second-order valence-corrected chi connectivity index (χ2v) is 4.14. The largest absolute Gasteiger partial charge is 0.243 e. The van der Waals surface area contributed by atoms with Crippen LogP contribution in [0.1, 0.15) is 5.01 Å². The lowest BCUT2D eigenvalue weighted by Gasteiger charge is -1.84. The molecule has 2 aromatic rings. The van der Waals surface area contributed by atoms with Crippen LogP contribution in [0.4, 0.5) is 0 Å². The smallest absolute Gasteiger partial charge is 0.142 e. The standard InChI is InChI=1S/C8H5N3S2/c9-2-1-7-11-6(5-13-7)8-10-3-4-12-8/h3-5H,1H2. The molecule has 0 aliphatic rings. The van der Waals surface area contributed by atoms with Crippen LogP contribution < -0.4 is 0 Å². The van der Waals surface area contributed by atoms with Crippen molar-refractivity contribution in [3.05, 3.63) is 22.0 Å². The van der Waals surface area contributed by atoms with Crippen LogP contribution in [0.15, 0.2) is 17.0 Å². The highest BCUT2D eigenvalue weighted by atomic mass is 32.1. The summed E-state index contributed by atoms with van der Waals surface area (Å²) in [6, 6.07) is 2.07. The Morgan fingerprint density at radius 3 is 3.08 bits per heavy atom. The minimum Gasteiger partial charge on any atom is -0.243 e. The van der Waals surface area contributed by atoms with E-state index in [-0.39, 0.29) is 0 Å². The second-order valence-electron chi connectivity index (χ2n) is 2.30. The minimum atomic E-state index is 0.385. The molecule has 0 spiro atoms. The van der Waals surface area contributed by atoms with Gasteiger partial charge < -0.3 is 0 Å². The first-order chi connectivity index (χ1) is 6.40. The number of rotatable bonds is 2. The molecule has 0 aromatic carbocycles. The van der Waals surface area contributed by atoms with Gasteiger partial charge in [-0.15, -0.1) is 22.7 Å². The van der Waals surface area contributed by atoms with Crippen LogP contribution in [0.5, 0.6) is 0 Å². The molecule has 0 bridgehead atoms. The summed E-state index contributed by atoms with van der Waals surface area (Å²) >= 11 is 3.06. The van der Waals surface area contributed by atoms with E-state index in [1.54, 1.807) is 17.5 Å². The van der Waals surface area contributed by atoms with Crippen molar-refractivity contribution < 1.29 is 0 Å². The van der Waals surface area contributed by atoms with Crippen molar-refractivity contribution in [1.82, 2.24) is 9.97 Å². The summed E-state index contributed by atoms with van der Waals surface area (Å²) in [6.45, 7) is 0. The molecule has 0 saturated heterocycles. The Balaban J connectivity index is 2.29. The third kappa shape index (κ3) is 1.74. The number of thiazole rings is 2. The van der Waals surface area contributed by atoms with Gasteiger partial charge >= 0.3 is 0 Å². The normalized spacial score (nSPS) is 9.77. The first-order valence-corrected chi connectivity index (χ1v) is 5.37. The molecule has 13 heavy (non-hydrogen) atoms. The predicted octanol–water partition coefficient (Wildman–Crippen LogP) is 2.33. The molecule has 0 aliphatic heterocycles. The van der Waals surface area contributed by atoms with Crippen LogP contribution in [0.2, 0.25) is 0 Å². The first-order valence-electron chi connectivity index (χ1n) is 3.61. The van der Waals surface area contributed by atoms with E-state index in [4.69, 9.17) is 5.26 Å². The number of aromatic nitrogens is 2. The van der Waals surface area contributed by atoms with Crippen molar-refractivity contribution in [3.8, 4) is 16.8 Å². The SMILES string of the molecule is N#CCc1nc(-c2nccs2)cs1. The second kappa shape index (κ2) is 3.64. The average molecular weight is 207 g/mol. The molecule has 2 heterocycles. The van der Waals surface area contributed by atoms with E-state index >= 15 is 0 Å². The number of hydrogen-bond acceptors (Lipinski definition) is 5. The van der Waals surface area contributed by atoms with Gasteiger partial charge in [-0.05, 0) is 0 Å². The lowest BCUT2D eigenvalue weighted by Crippen LogP contribution is -1.79. The molecule has 0 unspecified atom stereocenters. The highest BCUT2D eigenvalue weighted by Gasteiger charge is 2.05. The zero-order valence-corrected chi connectivity index (χ0v) is 8.23. The Morgan fingerprint density at radius 2 is 2.38 bits per heavy atom. The molecule has 0 amide bonds. The van der Waals surface area contributed by atoms with Crippen LogP contribution in [0.25, 0.3) is 10.7 Å². The summed E-state index contributed by atoms with van der Waals surface area (Å²) < 4.78 is 0. The molecule has 2 rings (SSSR count). The van der Waals surface area contributed by atoms with Crippen LogP contribution >= 0.6 is 22.7 Å². The van der Waals surface area contributed by atoms with E-state index in [0.29, 0.717) is 6.42 Å². The third-order valence-electron chi connectivity index (χ3n) is 1.43. The summed E-state index contributed by atoms with van der Waals surface area (Å²) in [5.41, 5.74) is 0.880. The molecular formula is C8H5N3S2. The van der Waals surface area contributed by atoms with Crippen molar-refractivity contribution in [1.29, 1.82) is 5.26 Å². The molecule has 0 saturated carbocycles. The van der Waals surface area contributed by atoms with Gasteiger partial charge in [0, 0.05) is 17.0 Å². The van der Waals surface area contributed by atoms with E-state index in [1.807, 2.05) is 10.8 Å². The van der Waals surface area contributed by atoms with Gasteiger partial charge in [0.2, 0.25) is 0 Å². The Hall–Kier alpha value is -1.25. The highest BCUT2D eigenvalue weighted by molar-refractivity contribution is 7.14. The van der Waals surface area contributed by atoms with Gasteiger partial charge in [-0.3, -0.25) is 0 Å². The van der Waals surface area contributed by atoms with Gasteiger partial charge in [-0.2, -0.15) is 5.26 Å². The summed E-state index contributed by atoms with van der Waals surface area (Å²) in [5, 5.41) is 14.1. The fourth-order valence-corrected chi connectivity index (χ4v) is 2.29. The monoisotopic (exact) mass is 207 g/mol. The summed E-state index contributed by atoms with van der Waals surface area (Å²) in [4.78, 5) is 8.43. The maximum Gasteiger partial charge on any atom is 0.142 e. The maximum atomic E-state index is 8.46. The van der Waals surface area contributed by atoms with E-state index < -0.39 is 0 Å². The van der Waals surface area contributed by atoms with E-state index in [1.165, 1.54) is 11.3 Å². The Labute approximate surface area is 83.3 Å². The molecule has 0 atom stereocenters. The van der Waals surface area contributed by atoms with Crippen LogP contribution in [0.3, 0.4) is 0 Å². The molecule has 3 nitrogen and oxygen atoms in total. The molecule has 2 aromatic heterocycles. The van der Waals surface area contributed by atoms with Gasteiger partial charge in [0.1, 0.15) is 15.7 Å².